The van der Waals surface area contributed by atoms with E-state index in [1.54, 1.807) is 0 Å². The molecule has 0 N–H and O–H groups in total. The van der Waals surface area contributed by atoms with Gasteiger partial charge in [0.2, 0.25) is 0 Å². The van der Waals surface area contributed by atoms with Gasteiger partial charge >= 0.3 is 0 Å². The predicted octanol–water partition coefficient (Wildman–Crippen LogP) is 6.79. The zero-order valence-electron chi connectivity index (χ0n) is 16.6. The van der Waals surface area contributed by atoms with Gasteiger partial charge in [-0.3, -0.25) is 0 Å². The number of hydrogen-bond acceptors (Lipinski definition) is 0. The van der Waals surface area contributed by atoms with Gasteiger partial charge in [-0.05, 0) is 96.7 Å². The molecule has 0 bridgehead atoms. The molecule has 0 aromatic carbocycles. The summed E-state index contributed by atoms with van der Waals surface area (Å²) in [4.78, 5) is 0. The predicted molar refractivity (Wildman–Crippen MR) is 99.1 cm³/mol. The maximum absolute atomic E-state index is 2.72. The summed E-state index contributed by atoms with van der Waals surface area (Å²) in [5.41, 5.74) is 1.31. The quantitative estimate of drug-likeness (QED) is 0.461. The summed E-state index contributed by atoms with van der Waals surface area (Å²) in [6, 6.07) is 0. The maximum atomic E-state index is 2.72. The minimum Gasteiger partial charge on any atom is -0.0625 e. The average molecular weight is 317 g/mol. The second-order valence-corrected chi connectivity index (χ2v) is 11.1. The third-order valence-electron chi connectivity index (χ3n) is 10.3. The Labute approximate surface area is 145 Å². The van der Waals surface area contributed by atoms with Gasteiger partial charge < -0.3 is 0 Å². The van der Waals surface area contributed by atoms with Crippen molar-refractivity contribution >= 4 is 0 Å². The molecule has 4 aliphatic rings. The Bertz CT molecular complexity index is 467. The highest BCUT2D eigenvalue weighted by Crippen LogP contribution is 2.70. The molecule has 0 amide bonds. The van der Waals surface area contributed by atoms with E-state index in [1.165, 1.54) is 44.9 Å². The van der Waals surface area contributed by atoms with Crippen molar-refractivity contribution in [3.63, 3.8) is 0 Å². The highest BCUT2D eigenvalue weighted by Gasteiger charge is 2.62. The van der Waals surface area contributed by atoms with Crippen molar-refractivity contribution in [2.24, 2.45) is 58.2 Å². The van der Waals surface area contributed by atoms with Crippen LogP contribution in [0.25, 0.3) is 0 Å². The highest BCUT2D eigenvalue weighted by molar-refractivity contribution is 5.11. The zero-order chi connectivity index (χ0) is 16.6. The van der Waals surface area contributed by atoms with Crippen LogP contribution in [0.5, 0.6) is 0 Å². The Balaban J connectivity index is 1.71. The summed E-state index contributed by atoms with van der Waals surface area (Å²) < 4.78 is 0. The van der Waals surface area contributed by atoms with Crippen LogP contribution in [0, 0.1) is 58.2 Å². The fourth-order valence-electron chi connectivity index (χ4n) is 8.54. The molecule has 0 nitrogen and oxygen atoms in total. The summed E-state index contributed by atoms with van der Waals surface area (Å²) in [6.45, 7) is 15.7. The first-order valence-corrected chi connectivity index (χ1v) is 10.8. The molecule has 0 aromatic rings. The smallest absolute Gasteiger partial charge is 0.0243 e. The minimum absolute atomic E-state index is 0.639. The summed E-state index contributed by atoms with van der Waals surface area (Å²) in [5.74, 6) is 7.97. The van der Waals surface area contributed by atoms with Crippen LogP contribution in [0.2, 0.25) is 0 Å². The second kappa shape index (κ2) is 5.25. The molecule has 10 atom stereocenters. The Morgan fingerprint density at radius 2 is 1.48 bits per heavy atom. The molecule has 0 aromatic heterocycles. The summed E-state index contributed by atoms with van der Waals surface area (Å²) in [5, 5.41) is 0. The first-order chi connectivity index (χ1) is 10.8. The molecular formula is C23H40. The Kier molecular flexibility index (Phi) is 3.76. The van der Waals surface area contributed by atoms with Crippen LogP contribution in [-0.4, -0.2) is 0 Å². The standard InChI is InChI=1S/C23H40/c1-14-9-10-22(5)18(11-14)12-15(2)21-19-8-7-16(3)23(19,6)17(4)13-20(21)22/h14-21H,7-13H2,1-6H3. The molecule has 23 heavy (non-hydrogen) atoms. The van der Waals surface area contributed by atoms with Gasteiger partial charge in [-0.2, -0.15) is 0 Å². The molecule has 0 heteroatoms. The molecule has 10 unspecified atom stereocenters. The van der Waals surface area contributed by atoms with Crippen LogP contribution in [0.1, 0.15) is 86.5 Å². The van der Waals surface area contributed by atoms with E-state index in [2.05, 4.69) is 41.5 Å². The summed E-state index contributed by atoms with van der Waals surface area (Å²) in [7, 11) is 0. The van der Waals surface area contributed by atoms with Crippen LogP contribution in [0.4, 0.5) is 0 Å². The lowest BCUT2D eigenvalue weighted by atomic mass is 9.40. The fraction of sp³-hybridized carbons (Fsp3) is 1.00. The number of rotatable bonds is 0. The molecule has 0 heterocycles. The van der Waals surface area contributed by atoms with Crippen LogP contribution < -0.4 is 0 Å². The van der Waals surface area contributed by atoms with Crippen molar-refractivity contribution in [2.45, 2.75) is 86.5 Å². The van der Waals surface area contributed by atoms with E-state index in [1.807, 2.05) is 0 Å². The molecular weight excluding hydrogens is 276 g/mol. The van der Waals surface area contributed by atoms with Gasteiger partial charge in [-0.15, -0.1) is 0 Å². The normalized spacial score (nSPS) is 62.3. The van der Waals surface area contributed by atoms with Gasteiger partial charge in [-0.1, -0.05) is 48.0 Å². The van der Waals surface area contributed by atoms with E-state index in [9.17, 15) is 0 Å². The van der Waals surface area contributed by atoms with Crippen LogP contribution in [0.15, 0.2) is 0 Å². The first kappa shape index (κ1) is 16.5. The largest absolute Gasteiger partial charge is 0.0625 e. The second-order valence-electron chi connectivity index (χ2n) is 11.1. The SMILES string of the molecule is CC1CCC2(C)C(C1)CC(C)C1C2CC(C)C2(C)C(C)CCC12. The van der Waals surface area contributed by atoms with E-state index in [0.717, 1.165) is 47.3 Å². The van der Waals surface area contributed by atoms with Crippen molar-refractivity contribution in [1.29, 1.82) is 0 Å². The third-order valence-corrected chi connectivity index (χ3v) is 10.3. The zero-order valence-corrected chi connectivity index (χ0v) is 16.6. The van der Waals surface area contributed by atoms with Crippen molar-refractivity contribution in [3.8, 4) is 0 Å². The van der Waals surface area contributed by atoms with Gasteiger partial charge in [0.25, 0.3) is 0 Å². The van der Waals surface area contributed by atoms with Crippen molar-refractivity contribution in [1.82, 2.24) is 0 Å². The molecule has 4 aliphatic carbocycles. The maximum Gasteiger partial charge on any atom is -0.0243 e. The van der Waals surface area contributed by atoms with E-state index >= 15 is 0 Å². The van der Waals surface area contributed by atoms with Gasteiger partial charge in [-0.25, -0.2) is 0 Å². The molecule has 4 rings (SSSR count). The lowest BCUT2D eigenvalue weighted by Crippen LogP contribution is -2.58. The topological polar surface area (TPSA) is 0 Å². The minimum atomic E-state index is 0.639. The molecule has 0 radical (unpaired) electrons. The third kappa shape index (κ3) is 2.08. The Morgan fingerprint density at radius 1 is 0.739 bits per heavy atom. The molecule has 0 aliphatic heterocycles. The van der Waals surface area contributed by atoms with Crippen molar-refractivity contribution in [2.75, 3.05) is 0 Å². The highest BCUT2D eigenvalue weighted by atomic mass is 14.7. The monoisotopic (exact) mass is 316 g/mol. The Hall–Kier alpha value is 0. The Morgan fingerprint density at radius 3 is 2.22 bits per heavy atom. The first-order valence-electron chi connectivity index (χ1n) is 10.8. The van der Waals surface area contributed by atoms with E-state index in [-0.39, 0.29) is 0 Å². The van der Waals surface area contributed by atoms with Crippen LogP contribution in [-0.2, 0) is 0 Å². The van der Waals surface area contributed by atoms with Crippen LogP contribution >= 0.6 is 0 Å². The fourth-order valence-corrected chi connectivity index (χ4v) is 8.54. The summed E-state index contributed by atoms with van der Waals surface area (Å²) in [6.07, 6.45) is 10.7. The van der Waals surface area contributed by atoms with Gasteiger partial charge in [0.05, 0.1) is 0 Å². The van der Waals surface area contributed by atoms with Crippen molar-refractivity contribution < 1.29 is 0 Å². The molecule has 4 saturated carbocycles. The van der Waals surface area contributed by atoms with Crippen molar-refractivity contribution in [3.05, 3.63) is 0 Å². The number of fused-ring (bicyclic) bond motifs is 5. The van der Waals surface area contributed by atoms with E-state index in [0.29, 0.717) is 10.8 Å². The average Bonchev–Trinajstić information content (AvgIpc) is 2.80. The van der Waals surface area contributed by atoms with Gasteiger partial charge in [0, 0.05) is 0 Å². The van der Waals surface area contributed by atoms with Crippen LogP contribution in [0.3, 0.4) is 0 Å². The molecule has 0 spiro atoms. The molecule has 0 saturated heterocycles. The van der Waals surface area contributed by atoms with Gasteiger partial charge in [0.15, 0.2) is 0 Å². The lowest BCUT2D eigenvalue weighted by molar-refractivity contribution is -0.158. The van der Waals surface area contributed by atoms with E-state index < -0.39 is 0 Å². The number of hydrogen-bond donors (Lipinski definition) is 0. The van der Waals surface area contributed by atoms with Gasteiger partial charge in [0.1, 0.15) is 0 Å². The van der Waals surface area contributed by atoms with E-state index in [4.69, 9.17) is 0 Å². The molecule has 4 fully saturated rings. The molecule has 132 valence electrons. The lowest BCUT2D eigenvalue weighted by Gasteiger charge is -2.64. The summed E-state index contributed by atoms with van der Waals surface area (Å²) >= 11 is 0.